The van der Waals surface area contributed by atoms with Crippen molar-refractivity contribution in [2.24, 2.45) is 0 Å². The van der Waals surface area contributed by atoms with Gasteiger partial charge in [-0.3, -0.25) is 0 Å². The fourth-order valence-corrected chi connectivity index (χ4v) is 4.71. The van der Waals surface area contributed by atoms with Gasteiger partial charge in [-0.05, 0) is 13.3 Å². The summed E-state index contributed by atoms with van der Waals surface area (Å²) >= 11 is 1.16. The van der Waals surface area contributed by atoms with Crippen LogP contribution < -0.4 is 0 Å². The molecule has 0 aliphatic carbocycles. The first-order chi connectivity index (χ1) is 9.80. The number of sulfone groups is 1. The molecule has 1 N–H and O–H groups in total. The summed E-state index contributed by atoms with van der Waals surface area (Å²) in [6, 6.07) is 0. The SMILES string of the molecule is CCCS(=O)(=O)CCSc1nc(CC)nc(C)c1C(=O)O. The Morgan fingerprint density at radius 1 is 1.24 bits per heavy atom. The zero-order valence-electron chi connectivity index (χ0n) is 12.4. The Bertz CT molecular complexity index is 615. The number of rotatable bonds is 8. The first kappa shape index (κ1) is 17.9. The highest BCUT2D eigenvalue weighted by atomic mass is 32.2. The molecule has 0 fully saturated rings. The molecule has 0 bridgehead atoms. The summed E-state index contributed by atoms with van der Waals surface area (Å²) < 4.78 is 23.3. The maximum Gasteiger partial charge on any atom is 0.340 e. The second-order valence-electron chi connectivity index (χ2n) is 4.56. The molecule has 0 saturated carbocycles. The number of carboxylic acid groups (broad SMARTS) is 1. The topological polar surface area (TPSA) is 97.2 Å². The molecule has 1 rings (SSSR count). The highest BCUT2D eigenvalue weighted by molar-refractivity contribution is 8.00. The largest absolute Gasteiger partial charge is 0.478 e. The van der Waals surface area contributed by atoms with Gasteiger partial charge in [0.2, 0.25) is 0 Å². The molecule has 0 unspecified atom stereocenters. The normalized spacial score (nSPS) is 11.6. The van der Waals surface area contributed by atoms with E-state index < -0.39 is 15.8 Å². The molecular formula is C13H20N2O4S2. The molecule has 0 radical (unpaired) electrons. The Kier molecular flexibility index (Phi) is 6.60. The zero-order valence-corrected chi connectivity index (χ0v) is 14.1. The molecule has 0 amide bonds. The molecule has 1 aromatic rings. The highest BCUT2D eigenvalue weighted by Gasteiger charge is 2.19. The van der Waals surface area contributed by atoms with Crippen molar-refractivity contribution in [3.8, 4) is 0 Å². The van der Waals surface area contributed by atoms with Crippen molar-refractivity contribution in [2.45, 2.75) is 38.6 Å². The van der Waals surface area contributed by atoms with Crippen LogP contribution in [0.2, 0.25) is 0 Å². The second-order valence-corrected chi connectivity index (χ2v) is 7.95. The van der Waals surface area contributed by atoms with Gasteiger partial charge in [-0.2, -0.15) is 0 Å². The fraction of sp³-hybridized carbons (Fsp3) is 0.615. The smallest absolute Gasteiger partial charge is 0.340 e. The number of aryl methyl sites for hydroxylation is 2. The Balaban J connectivity index is 2.92. The molecule has 0 aromatic carbocycles. The molecule has 118 valence electrons. The van der Waals surface area contributed by atoms with Crippen LogP contribution in [-0.4, -0.2) is 46.7 Å². The van der Waals surface area contributed by atoms with Crippen molar-refractivity contribution >= 4 is 27.6 Å². The summed E-state index contributed by atoms with van der Waals surface area (Å²) in [5, 5.41) is 9.59. The minimum Gasteiger partial charge on any atom is -0.478 e. The number of thioether (sulfide) groups is 1. The van der Waals surface area contributed by atoms with Gasteiger partial charge in [0, 0.05) is 17.9 Å². The fourth-order valence-electron chi connectivity index (χ4n) is 1.79. The van der Waals surface area contributed by atoms with Gasteiger partial charge < -0.3 is 5.11 Å². The van der Waals surface area contributed by atoms with Crippen molar-refractivity contribution in [3.63, 3.8) is 0 Å². The third-order valence-electron chi connectivity index (χ3n) is 2.78. The number of hydrogen-bond donors (Lipinski definition) is 1. The van der Waals surface area contributed by atoms with E-state index in [1.807, 2.05) is 13.8 Å². The van der Waals surface area contributed by atoms with Gasteiger partial charge in [0.15, 0.2) is 9.84 Å². The van der Waals surface area contributed by atoms with E-state index in [0.29, 0.717) is 35.1 Å². The predicted molar refractivity (Wildman–Crippen MR) is 82.8 cm³/mol. The average molecular weight is 332 g/mol. The summed E-state index contributed by atoms with van der Waals surface area (Å²) in [6.07, 6.45) is 1.18. The predicted octanol–water partition coefficient (Wildman–Crippen LogP) is 1.96. The maximum absolute atomic E-state index is 11.7. The van der Waals surface area contributed by atoms with Crippen molar-refractivity contribution in [1.29, 1.82) is 0 Å². The molecule has 21 heavy (non-hydrogen) atoms. The van der Waals surface area contributed by atoms with Gasteiger partial charge in [0.05, 0.1) is 11.4 Å². The Labute approximate surface area is 129 Å². The van der Waals surface area contributed by atoms with E-state index in [1.54, 1.807) is 6.92 Å². The monoisotopic (exact) mass is 332 g/mol. The lowest BCUT2D eigenvalue weighted by atomic mass is 10.2. The lowest BCUT2D eigenvalue weighted by molar-refractivity contribution is 0.0690. The number of aromatic carboxylic acids is 1. The minimum atomic E-state index is -3.07. The summed E-state index contributed by atoms with van der Waals surface area (Å²) in [6.45, 7) is 5.33. The molecule has 0 aliphatic heterocycles. The number of hydrogen-bond acceptors (Lipinski definition) is 6. The van der Waals surface area contributed by atoms with E-state index >= 15 is 0 Å². The van der Waals surface area contributed by atoms with Crippen LogP contribution in [0.15, 0.2) is 5.03 Å². The van der Waals surface area contributed by atoms with Crippen LogP contribution in [0, 0.1) is 6.92 Å². The molecule has 8 heteroatoms. The molecule has 0 atom stereocenters. The highest BCUT2D eigenvalue weighted by Crippen LogP contribution is 2.23. The van der Waals surface area contributed by atoms with Crippen molar-refractivity contribution in [3.05, 3.63) is 17.1 Å². The van der Waals surface area contributed by atoms with Gasteiger partial charge in [-0.25, -0.2) is 23.2 Å². The van der Waals surface area contributed by atoms with E-state index in [-0.39, 0.29) is 17.1 Å². The van der Waals surface area contributed by atoms with Crippen LogP contribution in [0.1, 0.15) is 42.1 Å². The summed E-state index contributed by atoms with van der Waals surface area (Å²) in [7, 11) is -3.07. The Morgan fingerprint density at radius 3 is 2.43 bits per heavy atom. The third-order valence-corrected chi connectivity index (χ3v) is 5.87. The minimum absolute atomic E-state index is 0.0229. The third kappa shape index (κ3) is 5.28. The number of aromatic nitrogens is 2. The maximum atomic E-state index is 11.7. The summed E-state index contributed by atoms with van der Waals surface area (Å²) in [4.78, 5) is 19.6. The Hall–Kier alpha value is -1.15. The molecular weight excluding hydrogens is 312 g/mol. The van der Waals surface area contributed by atoms with Gasteiger partial charge in [0.25, 0.3) is 0 Å². The Morgan fingerprint density at radius 2 is 1.90 bits per heavy atom. The van der Waals surface area contributed by atoms with Crippen LogP contribution in [-0.2, 0) is 16.3 Å². The van der Waals surface area contributed by atoms with E-state index in [2.05, 4.69) is 9.97 Å². The molecule has 1 aromatic heterocycles. The van der Waals surface area contributed by atoms with Crippen molar-refractivity contribution in [1.82, 2.24) is 9.97 Å². The summed E-state index contributed by atoms with van der Waals surface area (Å²) in [5.74, 6) is -0.0508. The summed E-state index contributed by atoms with van der Waals surface area (Å²) in [5.41, 5.74) is 0.471. The van der Waals surface area contributed by atoms with Crippen LogP contribution >= 0.6 is 11.8 Å². The zero-order chi connectivity index (χ0) is 16.0. The first-order valence-electron chi connectivity index (χ1n) is 6.74. The van der Waals surface area contributed by atoms with Crippen LogP contribution in [0.25, 0.3) is 0 Å². The lowest BCUT2D eigenvalue weighted by Crippen LogP contribution is -2.13. The van der Waals surface area contributed by atoms with Gasteiger partial charge in [-0.15, -0.1) is 11.8 Å². The molecule has 1 heterocycles. The quantitative estimate of drug-likeness (QED) is 0.574. The standard InChI is InChI=1S/C13H20N2O4S2/c1-4-7-21(18,19)8-6-20-12-11(13(16)17)9(3)14-10(5-2)15-12/h4-8H2,1-3H3,(H,16,17). The van der Waals surface area contributed by atoms with E-state index in [1.165, 1.54) is 0 Å². The second kappa shape index (κ2) is 7.74. The van der Waals surface area contributed by atoms with Gasteiger partial charge in [0.1, 0.15) is 16.4 Å². The van der Waals surface area contributed by atoms with Gasteiger partial charge in [-0.1, -0.05) is 13.8 Å². The number of nitrogens with zero attached hydrogens (tertiary/aromatic N) is 2. The van der Waals surface area contributed by atoms with E-state index in [0.717, 1.165) is 11.8 Å². The molecule has 6 nitrogen and oxygen atoms in total. The molecule has 0 aliphatic rings. The average Bonchev–Trinajstić information content (AvgIpc) is 2.37. The van der Waals surface area contributed by atoms with Crippen LogP contribution in [0.4, 0.5) is 0 Å². The number of carbonyl (C=O) groups is 1. The van der Waals surface area contributed by atoms with Crippen molar-refractivity contribution in [2.75, 3.05) is 17.3 Å². The molecule has 0 spiro atoms. The van der Waals surface area contributed by atoms with E-state index in [4.69, 9.17) is 0 Å². The molecule has 0 saturated heterocycles. The van der Waals surface area contributed by atoms with Gasteiger partial charge >= 0.3 is 5.97 Å². The number of carboxylic acids is 1. The first-order valence-corrected chi connectivity index (χ1v) is 9.55. The van der Waals surface area contributed by atoms with E-state index in [9.17, 15) is 18.3 Å². The van der Waals surface area contributed by atoms with Crippen LogP contribution in [0.5, 0.6) is 0 Å². The van der Waals surface area contributed by atoms with Crippen LogP contribution in [0.3, 0.4) is 0 Å². The van der Waals surface area contributed by atoms with Crippen molar-refractivity contribution < 1.29 is 18.3 Å². The lowest BCUT2D eigenvalue weighted by Gasteiger charge is -2.09.